The second-order valence-corrected chi connectivity index (χ2v) is 6.03. The highest BCUT2D eigenvalue weighted by Crippen LogP contribution is 2.37. The molecule has 3 nitrogen and oxygen atoms in total. The normalized spacial score (nSPS) is 23.4. The van der Waals surface area contributed by atoms with E-state index in [-0.39, 0.29) is 5.78 Å². The summed E-state index contributed by atoms with van der Waals surface area (Å²) in [5, 5.41) is 9.28. The molecular weight excluding hydrogens is 252 g/mol. The fourth-order valence-corrected chi connectivity index (χ4v) is 3.63. The molecule has 0 spiro atoms. The summed E-state index contributed by atoms with van der Waals surface area (Å²) in [7, 11) is 0. The first-order valence-corrected chi connectivity index (χ1v) is 7.56. The standard InChI is InChI=1S/C17H20O3/c18-16-9-8-14(17(19)20)13-7-6-12(10-15(13)16)11-4-2-1-3-5-11/h6-7,10-11,14H,1-5,8-9H2,(H,19,20). The lowest BCUT2D eigenvalue weighted by Gasteiger charge is -2.26. The predicted octanol–water partition coefficient (Wildman–Crippen LogP) is 3.88. The molecule has 3 rings (SSSR count). The third-order valence-electron chi connectivity index (χ3n) is 4.79. The average molecular weight is 272 g/mol. The van der Waals surface area contributed by atoms with Gasteiger partial charge in [-0.15, -0.1) is 0 Å². The topological polar surface area (TPSA) is 54.4 Å². The zero-order valence-corrected chi connectivity index (χ0v) is 11.6. The summed E-state index contributed by atoms with van der Waals surface area (Å²) in [6.45, 7) is 0. The lowest BCUT2D eigenvalue weighted by Crippen LogP contribution is -2.22. The molecule has 0 saturated heterocycles. The van der Waals surface area contributed by atoms with Gasteiger partial charge in [-0.3, -0.25) is 9.59 Å². The van der Waals surface area contributed by atoms with E-state index >= 15 is 0 Å². The van der Waals surface area contributed by atoms with E-state index < -0.39 is 11.9 Å². The van der Waals surface area contributed by atoms with Crippen molar-refractivity contribution in [1.82, 2.24) is 0 Å². The molecule has 3 heteroatoms. The zero-order chi connectivity index (χ0) is 14.1. The summed E-state index contributed by atoms with van der Waals surface area (Å²) in [5.74, 6) is -0.672. The van der Waals surface area contributed by atoms with Crippen molar-refractivity contribution in [3.05, 3.63) is 34.9 Å². The SMILES string of the molecule is O=C1CCC(C(=O)O)c2ccc(C3CCCCC3)cc21. The first-order chi connectivity index (χ1) is 9.66. The number of fused-ring (bicyclic) bond motifs is 1. The van der Waals surface area contributed by atoms with Crippen LogP contribution in [-0.2, 0) is 4.79 Å². The molecule has 106 valence electrons. The van der Waals surface area contributed by atoms with Crippen molar-refractivity contribution in [3.63, 3.8) is 0 Å². The average Bonchev–Trinajstić information content (AvgIpc) is 2.48. The van der Waals surface area contributed by atoms with Crippen LogP contribution in [0.1, 0.15) is 78.3 Å². The number of rotatable bonds is 2. The molecule has 2 aliphatic carbocycles. The van der Waals surface area contributed by atoms with Crippen LogP contribution in [-0.4, -0.2) is 16.9 Å². The highest BCUT2D eigenvalue weighted by atomic mass is 16.4. The largest absolute Gasteiger partial charge is 0.481 e. The Kier molecular flexibility index (Phi) is 3.60. The van der Waals surface area contributed by atoms with Gasteiger partial charge in [0.15, 0.2) is 5.78 Å². The van der Waals surface area contributed by atoms with E-state index in [4.69, 9.17) is 0 Å². The second-order valence-electron chi connectivity index (χ2n) is 6.03. The molecule has 0 aromatic heterocycles. The molecule has 20 heavy (non-hydrogen) atoms. The van der Waals surface area contributed by atoms with Crippen molar-refractivity contribution < 1.29 is 14.7 Å². The predicted molar refractivity (Wildman–Crippen MR) is 76.2 cm³/mol. The quantitative estimate of drug-likeness (QED) is 0.888. The minimum atomic E-state index is -0.816. The minimum absolute atomic E-state index is 0.107. The van der Waals surface area contributed by atoms with Crippen LogP contribution in [0.25, 0.3) is 0 Å². The Balaban J connectivity index is 1.96. The molecule has 0 amide bonds. The van der Waals surface area contributed by atoms with Crippen molar-refractivity contribution in [2.45, 2.75) is 56.8 Å². The third-order valence-corrected chi connectivity index (χ3v) is 4.79. The Labute approximate surface area is 119 Å². The molecule has 1 aromatic rings. The molecule has 0 radical (unpaired) electrons. The van der Waals surface area contributed by atoms with Gasteiger partial charge in [0.25, 0.3) is 0 Å². The molecule has 1 aromatic carbocycles. The van der Waals surface area contributed by atoms with Gasteiger partial charge in [-0.25, -0.2) is 0 Å². The monoisotopic (exact) mass is 272 g/mol. The Hall–Kier alpha value is -1.64. The molecule has 0 heterocycles. The zero-order valence-electron chi connectivity index (χ0n) is 11.6. The van der Waals surface area contributed by atoms with Crippen LogP contribution in [0.3, 0.4) is 0 Å². The van der Waals surface area contributed by atoms with E-state index in [0.717, 1.165) is 0 Å². The van der Waals surface area contributed by atoms with Gasteiger partial charge in [0.05, 0.1) is 5.92 Å². The second kappa shape index (κ2) is 5.39. The minimum Gasteiger partial charge on any atom is -0.481 e. The lowest BCUT2D eigenvalue weighted by atomic mass is 9.78. The maximum Gasteiger partial charge on any atom is 0.311 e. The Morgan fingerprint density at radius 2 is 1.85 bits per heavy atom. The van der Waals surface area contributed by atoms with Gasteiger partial charge in [0, 0.05) is 12.0 Å². The van der Waals surface area contributed by atoms with Crippen LogP contribution in [0.2, 0.25) is 0 Å². The molecule has 2 aliphatic rings. The summed E-state index contributed by atoms with van der Waals surface area (Å²) < 4.78 is 0. The van der Waals surface area contributed by atoms with Crippen molar-refractivity contribution in [1.29, 1.82) is 0 Å². The highest BCUT2D eigenvalue weighted by molar-refractivity contribution is 6.01. The molecule has 1 N–H and O–H groups in total. The van der Waals surface area contributed by atoms with E-state index in [1.165, 1.54) is 37.7 Å². The molecule has 1 fully saturated rings. The first kappa shape index (κ1) is 13.3. The van der Waals surface area contributed by atoms with Crippen LogP contribution in [0.5, 0.6) is 0 Å². The number of benzene rings is 1. The molecule has 1 unspecified atom stereocenters. The summed E-state index contributed by atoms with van der Waals surface area (Å²) in [4.78, 5) is 23.4. The molecule has 1 saturated carbocycles. The summed E-state index contributed by atoms with van der Waals surface area (Å²) in [5.41, 5.74) is 2.60. The maximum atomic E-state index is 12.1. The highest BCUT2D eigenvalue weighted by Gasteiger charge is 2.31. The molecular formula is C17H20O3. The van der Waals surface area contributed by atoms with Gasteiger partial charge in [-0.05, 0) is 42.4 Å². The maximum absolute atomic E-state index is 12.1. The van der Waals surface area contributed by atoms with Crippen molar-refractivity contribution in [3.8, 4) is 0 Å². The van der Waals surface area contributed by atoms with E-state index in [0.29, 0.717) is 29.9 Å². The van der Waals surface area contributed by atoms with Crippen LogP contribution < -0.4 is 0 Å². The Morgan fingerprint density at radius 1 is 1.10 bits per heavy atom. The summed E-state index contributed by atoms with van der Waals surface area (Å²) in [6, 6.07) is 5.90. The van der Waals surface area contributed by atoms with Crippen LogP contribution >= 0.6 is 0 Å². The van der Waals surface area contributed by atoms with Gasteiger partial charge < -0.3 is 5.11 Å². The molecule has 0 aliphatic heterocycles. The van der Waals surface area contributed by atoms with Crippen LogP contribution in [0.4, 0.5) is 0 Å². The number of carboxylic acid groups (broad SMARTS) is 1. The third kappa shape index (κ3) is 2.37. The van der Waals surface area contributed by atoms with Gasteiger partial charge in [-0.1, -0.05) is 31.4 Å². The number of carboxylic acids is 1. The summed E-state index contributed by atoms with van der Waals surface area (Å²) >= 11 is 0. The van der Waals surface area contributed by atoms with Crippen LogP contribution in [0.15, 0.2) is 18.2 Å². The van der Waals surface area contributed by atoms with Crippen molar-refractivity contribution in [2.75, 3.05) is 0 Å². The smallest absolute Gasteiger partial charge is 0.311 e. The van der Waals surface area contributed by atoms with Gasteiger partial charge in [-0.2, -0.15) is 0 Å². The van der Waals surface area contributed by atoms with Gasteiger partial charge >= 0.3 is 5.97 Å². The molecule has 1 atom stereocenters. The fourth-order valence-electron chi connectivity index (χ4n) is 3.63. The van der Waals surface area contributed by atoms with E-state index in [2.05, 4.69) is 0 Å². The molecule has 0 bridgehead atoms. The summed E-state index contributed by atoms with van der Waals surface area (Å²) in [6.07, 6.45) is 7.00. The Morgan fingerprint density at radius 3 is 2.55 bits per heavy atom. The first-order valence-electron chi connectivity index (χ1n) is 7.56. The van der Waals surface area contributed by atoms with Gasteiger partial charge in [0.2, 0.25) is 0 Å². The number of carbonyl (C=O) groups excluding carboxylic acids is 1. The van der Waals surface area contributed by atoms with E-state index in [1.807, 2.05) is 18.2 Å². The number of ketones is 1. The number of hydrogen-bond acceptors (Lipinski definition) is 2. The van der Waals surface area contributed by atoms with Crippen molar-refractivity contribution >= 4 is 11.8 Å². The van der Waals surface area contributed by atoms with E-state index in [9.17, 15) is 14.7 Å². The lowest BCUT2D eigenvalue weighted by molar-refractivity contribution is -0.139. The fraction of sp³-hybridized carbons (Fsp3) is 0.529. The Bertz CT molecular complexity index is 541. The number of carbonyl (C=O) groups is 2. The van der Waals surface area contributed by atoms with Gasteiger partial charge in [0.1, 0.15) is 0 Å². The van der Waals surface area contributed by atoms with Crippen LogP contribution in [0, 0.1) is 0 Å². The van der Waals surface area contributed by atoms with Crippen molar-refractivity contribution in [2.24, 2.45) is 0 Å². The number of aliphatic carboxylic acids is 1. The number of hydrogen-bond donors (Lipinski definition) is 1. The number of Topliss-reactive ketones (excluding diaryl/α,β-unsaturated/α-hetero) is 1. The van der Waals surface area contributed by atoms with E-state index in [1.54, 1.807) is 0 Å².